The summed E-state index contributed by atoms with van der Waals surface area (Å²) in [6, 6.07) is 5.13. The summed E-state index contributed by atoms with van der Waals surface area (Å²) < 4.78 is 7.81. The lowest BCUT2D eigenvalue weighted by Gasteiger charge is -2.45. The van der Waals surface area contributed by atoms with Gasteiger partial charge in [0.05, 0.1) is 35.4 Å². The van der Waals surface area contributed by atoms with Gasteiger partial charge >= 0.3 is 0 Å². The lowest BCUT2D eigenvalue weighted by molar-refractivity contribution is -0.0569. The van der Waals surface area contributed by atoms with Gasteiger partial charge in [-0.15, -0.1) is 21.5 Å². The maximum absolute atomic E-state index is 13.3. The van der Waals surface area contributed by atoms with E-state index in [4.69, 9.17) is 16.3 Å². The van der Waals surface area contributed by atoms with Gasteiger partial charge in [-0.3, -0.25) is 4.79 Å². The highest BCUT2D eigenvalue weighted by Crippen LogP contribution is 2.36. The van der Waals surface area contributed by atoms with Crippen LogP contribution in [0.2, 0.25) is 5.02 Å². The van der Waals surface area contributed by atoms with Crippen molar-refractivity contribution in [3.05, 3.63) is 51.1 Å². The smallest absolute Gasteiger partial charge is 0.256 e. The third-order valence-electron chi connectivity index (χ3n) is 5.10. The van der Waals surface area contributed by atoms with Crippen LogP contribution in [0.25, 0.3) is 11.5 Å². The molecule has 0 unspecified atom stereocenters. The molecule has 1 fully saturated rings. The first-order valence-corrected chi connectivity index (χ1v) is 9.94. The van der Waals surface area contributed by atoms with Crippen LogP contribution in [0.15, 0.2) is 29.1 Å². The van der Waals surface area contributed by atoms with Gasteiger partial charge in [0.25, 0.3) is 5.91 Å². The Hall–Kier alpha value is -2.29. The van der Waals surface area contributed by atoms with E-state index in [0.717, 1.165) is 22.9 Å². The molecule has 3 aromatic rings. The number of carbonyl (C=O) groups is 1. The van der Waals surface area contributed by atoms with Crippen LogP contribution in [0.3, 0.4) is 0 Å². The van der Waals surface area contributed by atoms with Gasteiger partial charge in [-0.2, -0.15) is 0 Å². The molecule has 1 saturated heterocycles. The molecule has 0 saturated carbocycles. The van der Waals surface area contributed by atoms with E-state index in [0.29, 0.717) is 30.3 Å². The zero-order valence-corrected chi connectivity index (χ0v) is 16.1. The predicted molar refractivity (Wildman–Crippen MR) is 101 cm³/mol. The lowest BCUT2D eigenvalue weighted by atomic mass is 10.0. The number of amides is 1. The van der Waals surface area contributed by atoms with Crippen molar-refractivity contribution in [1.29, 1.82) is 0 Å². The predicted octanol–water partition coefficient (Wildman–Crippen LogP) is 2.96. The quantitative estimate of drug-likeness (QED) is 0.660. The Kier molecular flexibility index (Phi) is 3.99. The van der Waals surface area contributed by atoms with Gasteiger partial charge in [-0.25, -0.2) is 4.98 Å². The minimum absolute atomic E-state index is 0.0912. The first kappa shape index (κ1) is 16.9. The summed E-state index contributed by atoms with van der Waals surface area (Å²) in [6.45, 7) is 3.33. The molecule has 2 aliphatic heterocycles. The van der Waals surface area contributed by atoms with Crippen LogP contribution in [-0.4, -0.2) is 49.8 Å². The van der Waals surface area contributed by atoms with Crippen LogP contribution in [0.4, 0.5) is 0 Å². The van der Waals surface area contributed by atoms with Crippen LogP contribution in [-0.2, 0) is 11.3 Å². The number of hydrogen-bond donors (Lipinski definition) is 0. The van der Waals surface area contributed by atoms with Crippen LogP contribution < -0.4 is 0 Å². The minimum Gasteiger partial charge on any atom is -0.377 e. The van der Waals surface area contributed by atoms with Gasteiger partial charge in [0.15, 0.2) is 11.6 Å². The standard InChI is InChI=1S/C18H16ClN5O2S/c1-10-3-2-4-12(15(10)19)18(25)24-11-5-23-16(13-8-27-9-20-13)21-22-17(23)14(24)7-26-6-11/h2-4,8-9,11,14H,5-7H2,1H3/t11-,14-/m1/s1. The fourth-order valence-corrected chi connectivity index (χ4v) is 4.53. The number of nitrogens with zero attached hydrogens (tertiary/aromatic N) is 5. The number of aryl methyl sites for hydroxylation is 1. The van der Waals surface area contributed by atoms with Crippen molar-refractivity contribution in [1.82, 2.24) is 24.6 Å². The van der Waals surface area contributed by atoms with Crippen molar-refractivity contribution < 1.29 is 9.53 Å². The molecule has 2 aliphatic rings. The van der Waals surface area contributed by atoms with Crippen molar-refractivity contribution in [2.24, 2.45) is 0 Å². The molecule has 2 bridgehead atoms. The Bertz CT molecular complexity index is 1020. The van der Waals surface area contributed by atoms with Crippen LogP contribution in [0.1, 0.15) is 27.8 Å². The second-order valence-corrected chi connectivity index (χ2v) is 7.82. The Morgan fingerprint density at radius 2 is 2.22 bits per heavy atom. The largest absolute Gasteiger partial charge is 0.377 e. The number of thiazole rings is 1. The molecule has 0 spiro atoms. The van der Waals surface area contributed by atoms with E-state index in [1.807, 2.05) is 29.3 Å². The molecule has 4 heterocycles. The molecule has 5 rings (SSSR count). The van der Waals surface area contributed by atoms with Gasteiger partial charge in [-0.1, -0.05) is 23.7 Å². The molecule has 7 nitrogen and oxygen atoms in total. The number of hydrogen-bond acceptors (Lipinski definition) is 6. The zero-order valence-electron chi connectivity index (χ0n) is 14.5. The molecular formula is C18H16ClN5O2S. The summed E-state index contributed by atoms with van der Waals surface area (Å²) in [4.78, 5) is 19.6. The van der Waals surface area contributed by atoms with Crippen molar-refractivity contribution in [3.63, 3.8) is 0 Å². The van der Waals surface area contributed by atoms with Gasteiger partial charge in [-0.05, 0) is 18.6 Å². The van der Waals surface area contributed by atoms with Gasteiger partial charge < -0.3 is 14.2 Å². The third-order valence-corrected chi connectivity index (χ3v) is 6.19. The molecule has 2 atom stereocenters. The summed E-state index contributed by atoms with van der Waals surface area (Å²) in [6.07, 6.45) is 0. The second kappa shape index (κ2) is 6.40. The van der Waals surface area contributed by atoms with Crippen molar-refractivity contribution in [2.75, 3.05) is 13.2 Å². The molecule has 0 radical (unpaired) electrons. The number of benzene rings is 1. The van der Waals surface area contributed by atoms with Gasteiger partial charge in [0.1, 0.15) is 11.7 Å². The lowest BCUT2D eigenvalue weighted by Crippen LogP contribution is -2.56. The molecule has 0 aliphatic carbocycles. The second-order valence-electron chi connectivity index (χ2n) is 6.72. The topological polar surface area (TPSA) is 73.1 Å². The minimum atomic E-state index is -0.290. The number of fused-ring (bicyclic) bond motifs is 4. The molecule has 1 aromatic carbocycles. The molecule has 0 N–H and O–H groups in total. The highest BCUT2D eigenvalue weighted by Gasteiger charge is 2.44. The van der Waals surface area contributed by atoms with Crippen molar-refractivity contribution in [3.8, 4) is 11.5 Å². The summed E-state index contributed by atoms with van der Waals surface area (Å²) in [5.74, 6) is 1.38. The van der Waals surface area contributed by atoms with E-state index in [1.165, 1.54) is 11.3 Å². The first-order chi connectivity index (χ1) is 13.1. The van der Waals surface area contributed by atoms with Gasteiger partial charge in [0, 0.05) is 11.9 Å². The highest BCUT2D eigenvalue weighted by atomic mass is 35.5. The number of rotatable bonds is 2. The van der Waals surface area contributed by atoms with Crippen LogP contribution in [0.5, 0.6) is 0 Å². The highest BCUT2D eigenvalue weighted by molar-refractivity contribution is 7.07. The SMILES string of the molecule is Cc1cccc(C(=O)N2[C@H]3COC[C@@H]2c2nnc(-c4cscn4)n2C3)c1Cl. The monoisotopic (exact) mass is 401 g/mol. The Labute approximate surface area is 164 Å². The van der Waals surface area contributed by atoms with Crippen LogP contribution >= 0.6 is 22.9 Å². The molecular weight excluding hydrogens is 386 g/mol. The summed E-state index contributed by atoms with van der Waals surface area (Å²) in [7, 11) is 0. The summed E-state index contributed by atoms with van der Waals surface area (Å²) in [5, 5.41) is 11.2. The van der Waals surface area contributed by atoms with Crippen molar-refractivity contribution >= 4 is 28.8 Å². The number of carbonyl (C=O) groups excluding carboxylic acids is 1. The average molecular weight is 402 g/mol. The third kappa shape index (κ3) is 2.59. The Morgan fingerprint density at radius 3 is 3.04 bits per heavy atom. The van der Waals surface area contributed by atoms with Gasteiger partial charge in [0.2, 0.25) is 0 Å². The Morgan fingerprint density at radius 1 is 1.33 bits per heavy atom. The molecule has 2 aromatic heterocycles. The van der Waals surface area contributed by atoms with E-state index >= 15 is 0 Å². The molecule has 27 heavy (non-hydrogen) atoms. The fourth-order valence-electron chi connectivity index (χ4n) is 3.79. The summed E-state index contributed by atoms with van der Waals surface area (Å²) in [5.41, 5.74) is 3.98. The van der Waals surface area contributed by atoms with E-state index in [2.05, 4.69) is 19.7 Å². The molecule has 1 amide bonds. The summed E-state index contributed by atoms with van der Waals surface area (Å²) >= 11 is 7.94. The van der Waals surface area contributed by atoms with E-state index in [-0.39, 0.29) is 18.0 Å². The Balaban J connectivity index is 1.57. The number of halogens is 1. The van der Waals surface area contributed by atoms with E-state index < -0.39 is 0 Å². The maximum atomic E-state index is 13.3. The number of aromatic nitrogens is 4. The molecule has 138 valence electrons. The normalized spacial score (nSPS) is 21.2. The zero-order chi connectivity index (χ0) is 18.5. The van der Waals surface area contributed by atoms with E-state index in [1.54, 1.807) is 11.6 Å². The van der Waals surface area contributed by atoms with Crippen LogP contribution in [0, 0.1) is 6.92 Å². The maximum Gasteiger partial charge on any atom is 0.256 e. The van der Waals surface area contributed by atoms with Crippen molar-refractivity contribution in [2.45, 2.75) is 25.6 Å². The first-order valence-electron chi connectivity index (χ1n) is 8.62. The molecule has 9 heteroatoms. The van der Waals surface area contributed by atoms with E-state index in [9.17, 15) is 4.79 Å². The number of morpholine rings is 1. The average Bonchev–Trinajstić information content (AvgIpc) is 3.32. The fraction of sp³-hybridized carbons (Fsp3) is 0.333. The number of ether oxygens (including phenoxy) is 1.